The van der Waals surface area contributed by atoms with Gasteiger partial charge in [0.25, 0.3) is 0 Å². The number of rotatable bonds is 5. The van der Waals surface area contributed by atoms with Gasteiger partial charge in [-0.1, -0.05) is 30.3 Å². The van der Waals surface area contributed by atoms with Crippen LogP contribution in [-0.2, 0) is 14.3 Å². The first kappa shape index (κ1) is 16.9. The standard InChI is InChI=1S/C17H23NO3S/c1-2-21-17(20)9-8-16(19)18-11-10-15(22-13-12-18)14-6-4-3-5-7-14/h3-7,15H,2,8-13H2,1H3/t15-/m1/s1. The smallest absolute Gasteiger partial charge is 0.306 e. The number of esters is 1. The third-order valence-electron chi connectivity index (χ3n) is 3.71. The second kappa shape index (κ2) is 8.83. The van der Waals surface area contributed by atoms with Crippen molar-refractivity contribution in [1.29, 1.82) is 0 Å². The minimum atomic E-state index is -0.290. The predicted octanol–water partition coefficient (Wildman–Crippen LogP) is 3.04. The first-order valence-corrected chi connectivity index (χ1v) is 8.85. The molecule has 1 atom stereocenters. The van der Waals surface area contributed by atoms with Crippen molar-refractivity contribution in [3.63, 3.8) is 0 Å². The van der Waals surface area contributed by atoms with E-state index < -0.39 is 0 Å². The summed E-state index contributed by atoms with van der Waals surface area (Å²) in [6.45, 7) is 3.66. The number of benzene rings is 1. The van der Waals surface area contributed by atoms with E-state index in [0.29, 0.717) is 11.9 Å². The molecular formula is C17H23NO3S. The molecule has 4 nitrogen and oxygen atoms in total. The first-order chi connectivity index (χ1) is 10.7. The molecule has 5 heteroatoms. The van der Waals surface area contributed by atoms with Crippen LogP contribution < -0.4 is 0 Å². The van der Waals surface area contributed by atoms with Gasteiger partial charge < -0.3 is 9.64 Å². The van der Waals surface area contributed by atoms with Crippen LogP contribution in [0.4, 0.5) is 0 Å². The van der Waals surface area contributed by atoms with Crippen LogP contribution in [0, 0.1) is 0 Å². The Morgan fingerprint density at radius 2 is 2.00 bits per heavy atom. The molecule has 0 aromatic heterocycles. The molecule has 0 unspecified atom stereocenters. The van der Waals surface area contributed by atoms with E-state index in [2.05, 4.69) is 24.3 Å². The molecule has 1 aliphatic heterocycles. The van der Waals surface area contributed by atoms with Crippen molar-refractivity contribution in [3.8, 4) is 0 Å². The van der Waals surface area contributed by atoms with Gasteiger partial charge in [0.05, 0.1) is 13.0 Å². The normalized spacial score (nSPS) is 18.6. The Bertz CT molecular complexity index is 492. The highest BCUT2D eigenvalue weighted by Crippen LogP contribution is 2.34. The summed E-state index contributed by atoms with van der Waals surface area (Å²) in [4.78, 5) is 25.4. The summed E-state index contributed by atoms with van der Waals surface area (Å²) in [5, 5.41) is 0.448. The molecule has 0 radical (unpaired) electrons. The summed E-state index contributed by atoms with van der Waals surface area (Å²) in [6.07, 6.45) is 1.39. The Kier molecular flexibility index (Phi) is 6.77. The van der Waals surface area contributed by atoms with Crippen LogP contribution in [0.5, 0.6) is 0 Å². The third-order valence-corrected chi connectivity index (χ3v) is 5.04. The van der Waals surface area contributed by atoms with Crippen molar-refractivity contribution in [2.24, 2.45) is 0 Å². The number of hydrogen-bond donors (Lipinski definition) is 0. The molecule has 1 fully saturated rings. The lowest BCUT2D eigenvalue weighted by Crippen LogP contribution is -2.33. The van der Waals surface area contributed by atoms with E-state index >= 15 is 0 Å². The van der Waals surface area contributed by atoms with Crippen LogP contribution in [0.1, 0.15) is 37.0 Å². The van der Waals surface area contributed by atoms with Gasteiger partial charge in [0.2, 0.25) is 5.91 Å². The van der Waals surface area contributed by atoms with E-state index in [4.69, 9.17) is 4.74 Å². The Labute approximate surface area is 136 Å². The quantitative estimate of drug-likeness (QED) is 0.782. The summed E-state index contributed by atoms with van der Waals surface area (Å²) in [5.41, 5.74) is 1.33. The van der Waals surface area contributed by atoms with Crippen molar-refractivity contribution >= 4 is 23.6 Å². The third kappa shape index (κ3) is 5.05. The molecule has 22 heavy (non-hydrogen) atoms. The van der Waals surface area contributed by atoms with Gasteiger partial charge in [-0.25, -0.2) is 0 Å². The van der Waals surface area contributed by atoms with Gasteiger partial charge in [-0.2, -0.15) is 11.8 Å². The molecule has 1 saturated heterocycles. The highest BCUT2D eigenvalue weighted by atomic mass is 32.2. The van der Waals surface area contributed by atoms with Gasteiger partial charge in [0.1, 0.15) is 0 Å². The second-order valence-electron chi connectivity index (χ2n) is 5.24. The van der Waals surface area contributed by atoms with Crippen LogP contribution in [0.15, 0.2) is 30.3 Å². The number of amides is 1. The fraction of sp³-hybridized carbons (Fsp3) is 0.529. The van der Waals surface area contributed by atoms with Gasteiger partial charge in [0.15, 0.2) is 0 Å². The average molecular weight is 321 g/mol. The molecule has 120 valence electrons. The summed E-state index contributed by atoms with van der Waals surface area (Å²) in [6, 6.07) is 10.4. The molecule has 0 N–H and O–H groups in total. The molecule has 0 aliphatic carbocycles. The Morgan fingerprint density at radius 3 is 2.73 bits per heavy atom. The minimum Gasteiger partial charge on any atom is -0.466 e. The van der Waals surface area contributed by atoms with Gasteiger partial charge in [-0.05, 0) is 18.9 Å². The van der Waals surface area contributed by atoms with Crippen LogP contribution in [-0.4, -0.2) is 42.2 Å². The summed E-state index contributed by atoms with van der Waals surface area (Å²) in [7, 11) is 0. The monoisotopic (exact) mass is 321 g/mol. The number of carbonyl (C=O) groups is 2. The zero-order valence-electron chi connectivity index (χ0n) is 13.0. The fourth-order valence-corrected chi connectivity index (χ4v) is 3.79. The molecule has 1 aliphatic rings. The molecule has 0 saturated carbocycles. The molecular weight excluding hydrogens is 298 g/mol. The van der Waals surface area contributed by atoms with Crippen molar-refractivity contribution in [1.82, 2.24) is 4.90 Å². The highest BCUT2D eigenvalue weighted by Gasteiger charge is 2.22. The molecule has 0 bridgehead atoms. The number of hydrogen-bond acceptors (Lipinski definition) is 4. The van der Waals surface area contributed by atoms with E-state index in [1.807, 2.05) is 22.7 Å². The largest absolute Gasteiger partial charge is 0.466 e. The van der Waals surface area contributed by atoms with Crippen LogP contribution in [0.25, 0.3) is 0 Å². The molecule has 1 heterocycles. The second-order valence-corrected chi connectivity index (χ2v) is 6.56. The lowest BCUT2D eigenvalue weighted by atomic mass is 10.1. The fourth-order valence-electron chi connectivity index (χ4n) is 2.55. The summed E-state index contributed by atoms with van der Waals surface area (Å²) >= 11 is 1.91. The van der Waals surface area contributed by atoms with E-state index in [-0.39, 0.29) is 24.7 Å². The summed E-state index contributed by atoms with van der Waals surface area (Å²) in [5.74, 6) is 0.703. The minimum absolute atomic E-state index is 0.0577. The maximum atomic E-state index is 12.2. The topological polar surface area (TPSA) is 46.6 Å². The van der Waals surface area contributed by atoms with Gasteiger partial charge in [-0.3, -0.25) is 9.59 Å². The van der Waals surface area contributed by atoms with Crippen LogP contribution >= 0.6 is 11.8 Å². The van der Waals surface area contributed by atoms with Crippen molar-refractivity contribution in [2.75, 3.05) is 25.4 Å². The van der Waals surface area contributed by atoms with Gasteiger partial charge in [-0.15, -0.1) is 0 Å². The van der Waals surface area contributed by atoms with Crippen LogP contribution in [0.3, 0.4) is 0 Å². The molecule has 1 amide bonds. The number of carbonyl (C=O) groups excluding carboxylic acids is 2. The first-order valence-electron chi connectivity index (χ1n) is 7.80. The predicted molar refractivity (Wildman–Crippen MR) is 88.7 cm³/mol. The maximum Gasteiger partial charge on any atom is 0.306 e. The van der Waals surface area contributed by atoms with Crippen molar-refractivity contribution in [3.05, 3.63) is 35.9 Å². The van der Waals surface area contributed by atoms with E-state index in [1.165, 1.54) is 5.56 Å². The van der Waals surface area contributed by atoms with Gasteiger partial charge in [0, 0.05) is 30.5 Å². The molecule has 0 spiro atoms. The Balaban J connectivity index is 1.82. The average Bonchev–Trinajstić information content (AvgIpc) is 2.80. The molecule has 2 rings (SSSR count). The zero-order chi connectivity index (χ0) is 15.8. The van der Waals surface area contributed by atoms with Crippen LogP contribution in [0.2, 0.25) is 0 Å². The number of ether oxygens (including phenoxy) is 1. The SMILES string of the molecule is CCOC(=O)CCC(=O)N1CCS[C@@H](c2ccccc2)CC1. The highest BCUT2D eigenvalue weighted by molar-refractivity contribution is 7.99. The van der Waals surface area contributed by atoms with Crippen molar-refractivity contribution in [2.45, 2.75) is 31.4 Å². The number of thioether (sulfide) groups is 1. The lowest BCUT2D eigenvalue weighted by molar-refractivity contribution is -0.145. The van der Waals surface area contributed by atoms with Crippen molar-refractivity contribution < 1.29 is 14.3 Å². The summed E-state index contributed by atoms with van der Waals surface area (Å²) < 4.78 is 4.87. The lowest BCUT2D eigenvalue weighted by Gasteiger charge is -2.20. The Hall–Kier alpha value is -1.49. The maximum absolute atomic E-state index is 12.2. The van der Waals surface area contributed by atoms with E-state index in [1.54, 1.807) is 6.92 Å². The van der Waals surface area contributed by atoms with E-state index in [9.17, 15) is 9.59 Å². The molecule has 1 aromatic carbocycles. The Morgan fingerprint density at radius 1 is 1.23 bits per heavy atom. The van der Waals surface area contributed by atoms with Gasteiger partial charge >= 0.3 is 5.97 Å². The molecule has 1 aromatic rings. The number of nitrogens with zero attached hydrogens (tertiary/aromatic N) is 1. The van der Waals surface area contributed by atoms with E-state index in [0.717, 1.165) is 25.3 Å². The zero-order valence-corrected chi connectivity index (χ0v) is 13.8.